The van der Waals surface area contributed by atoms with Crippen molar-refractivity contribution in [3.05, 3.63) is 189 Å². The second kappa shape index (κ2) is 23.5. The Bertz CT molecular complexity index is 2980. The molecule has 2 atom stereocenters. The number of carbonyl (C=O) groups is 3. The van der Waals surface area contributed by atoms with Crippen molar-refractivity contribution in [2.45, 2.75) is 111 Å². The highest BCUT2D eigenvalue weighted by Crippen LogP contribution is 2.58. The molecule has 0 fully saturated rings. The van der Waals surface area contributed by atoms with E-state index in [1.54, 1.807) is 48.2 Å². The first-order valence-electron chi connectivity index (χ1n) is 26.0. The van der Waals surface area contributed by atoms with E-state index in [1.807, 2.05) is 112 Å². The second-order valence-corrected chi connectivity index (χ2v) is 21.4. The number of alkyl halides is 3. The van der Waals surface area contributed by atoms with Crippen molar-refractivity contribution < 1.29 is 50.8 Å². The molecule has 6 aromatic rings. The first-order chi connectivity index (χ1) is 36.3. The molecule has 2 aliphatic heterocycles. The number of hydrogen-bond acceptors (Lipinski definition) is 9. The minimum atomic E-state index is -5.25. The van der Waals surface area contributed by atoms with Gasteiger partial charge in [-0.2, -0.15) is 13.2 Å². The molecule has 2 heterocycles. The summed E-state index contributed by atoms with van der Waals surface area (Å²) in [6.45, 7) is 18.1. The maximum Gasteiger partial charge on any atom is 0.471 e. The molecule has 0 N–H and O–H groups in total. The summed E-state index contributed by atoms with van der Waals surface area (Å²) in [6.07, 6.45) is -3.95. The molecule has 0 saturated heterocycles. The van der Waals surface area contributed by atoms with Gasteiger partial charge in [0.15, 0.2) is 5.60 Å². The summed E-state index contributed by atoms with van der Waals surface area (Å²) in [5.41, 5.74) is 3.86. The lowest BCUT2D eigenvalue weighted by Gasteiger charge is -2.39. The highest BCUT2D eigenvalue weighted by Gasteiger charge is 2.54. The fourth-order valence-corrected chi connectivity index (χ4v) is 12.2. The third kappa shape index (κ3) is 11.1. The zero-order chi connectivity index (χ0) is 54.5. The lowest BCUT2D eigenvalue weighted by molar-refractivity contribution is -0.170. The van der Waals surface area contributed by atoms with E-state index >= 15 is 0 Å². The highest BCUT2D eigenvalue weighted by molar-refractivity contribution is 7.44. The number of aryl methyl sites for hydroxylation is 3. The van der Waals surface area contributed by atoms with Gasteiger partial charge in [-0.15, -0.1) is 0 Å². The lowest BCUT2D eigenvalue weighted by Crippen LogP contribution is -2.43. The van der Waals surface area contributed by atoms with E-state index in [0.717, 1.165) is 33.6 Å². The standard InChI is InChI=1S/C61H67F3N3O8P/c1-10-33-72-76(67(40(2)3)41(4)5)73-35-20-31-65(45(9)68)53-38-55-51(36-43(53)7)60(50-26-18-17-25-49(50)57(69)75-60)52-37-44(8)54(39-56(52)74-55)66(58(70)61(62,63)64)32-19-34-71-59(46-21-13-11-14-22-46,47-23-15-12-16-24-47)48-29-27-42(6)28-30-48/h11-18,21-30,36-41H,10,19-20,31-35H2,1-9H3. The Kier molecular flexibility index (Phi) is 17.2. The highest BCUT2D eigenvalue weighted by atomic mass is 31.2. The number of ether oxygens (including phenoxy) is 3. The van der Waals surface area contributed by atoms with Crippen LogP contribution >= 0.6 is 8.53 Å². The summed E-state index contributed by atoms with van der Waals surface area (Å²) in [4.78, 5) is 43.6. The number of hydrogen-bond donors (Lipinski definition) is 0. The van der Waals surface area contributed by atoms with Crippen LogP contribution in [0.5, 0.6) is 11.5 Å². The van der Waals surface area contributed by atoms with Gasteiger partial charge < -0.3 is 33.1 Å². The fourth-order valence-electron chi connectivity index (χ4n) is 10.5. The van der Waals surface area contributed by atoms with Crippen molar-refractivity contribution in [1.29, 1.82) is 0 Å². The normalized spacial score (nSPS) is 15.3. The van der Waals surface area contributed by atoms with Crippen molar-refractivity contribution >= 4 is 37.7 Å². The summed E-state index contributed by atoms with van der Waals surface area (Å²) in [7, 11) is -1.36. The maximum atomic E-state index is 14.9. The van der Waals surface area contributed by atoms with Crippen molar-refractivity contribution in [2.24, 2.45) is 0 Å². The molecule has 0 aliphatic carbocycles. The zero-order valence-electron chi connectivity index (χ0n) is 44.7. The molecule has 1 spiro atoms. The van der Waals surface area contributed by atoms with Gasteiger partial charge >= 0.3 is 18.1 Å². The van der Waals surface area contributed by atoms with Gasteiger partial charge in [0.2, 0.25) is 5.91 Å². The number of amides is 2. The van der Waals surface area contributed by atoms with Crippen molar-refractivity contribution in [2.75, 3.05) is 42.7 Å². The van der Waals surface area contributed by atoms with Gasteiger partial charge in [0.25, 0.3) is 8.53 Å². The van der Waals surface area contributed by atoms with Crippen molar-refractivity contribution in [3.63, 3.8) is 0 Å². The second-order valence-electron chi connectivity index (χ2n) is 19.9. The van der Waals surface area contributed by atoms with Crippen LogP contribution in [-0.2, 0) is 39.3 Å². The minimum Gasteiger partial charge on any atom is -0.456 e. The van der Waals surface area contributed by atoms with E-state index in [9.17, 15) is 27.6 Å². The third-order valence-electron chi connectivity index (χ3n) is 13.8. The first kappa shape index (κ1) is 55.8. The maximum absolute atomic E-state index is 14.9. The molecule has 2 aliphatic rings. The Morgan fingerprint density at radius 3 is 1.68 bits per heavy atom. The van der Waals surface area contributed by atoms with Gasteiger partial charge in [0.1, 0.15) is 17.1 Å². The van der Waals surface area contributed by atoms with Crippen LogP contribution in [0.15, 0.2) is 133 Å². The summed E-state index contributed by atoms with van der Waals surface area (Å²) in [5, 5.41) is 0. The van der Waals surface area contributed by atoms with Crippen LogP contribution in [0.4, 0.5) is 24.5 Å². The van der Waals surface area contributed by atoms with Gasteiger partial charge in [-0.1, -0.05) is 116 Å². The number of nitrogens with zero attached hydrogens (tertiary/aromatic N) is 3. The van der Waals surface area contributed by atoms with Crippen LogP contribution in [0.2, 0.25) is 0 Å². The fraction of sp³-hybridized carbons (Fsp3) is 0.361. The van der Waals surface area contributed by atoms with E-state index in [1.165, 1.54) is 13.0 Å². The molecule has 0 aromatic heterocycles. The van der Waals surface area contributed by atoms with Crippen LogP contribution in [0, 0.1) is 20.8 Å². The van der Waals surface area contributed by atoms with Gasteiger partial charge in [-0.05, 0) is 114 Å². The Balaban J connectivity index is 1.15. The van der Waals surface area contributed by atoms with Crippen molar-refractivity contribution in [1.82, 2.24) is 4.67 Å². The number of rotatable bonds is 21. The topological polar surface area (TPSA) is 107 Å². The van der Waals surface area contributed by atoms with Crippen LogP contribution in [0.1, 0.15) is 121 Å². The molecule has 6 aromatic carbocycles. The molecular weight excluding hydrogens is 991 g/mol. The van der Waals surface area contributed by atoms with Crippen LogP contribution in [0.3, 0.4) is 0 Å². The van der Waals surface area contributed by atoms with Crippen LogP contribution in [-0.4, -0.2) is 73.6 Å². The van der Waals surface area contributed by atoms with Gasteiger partial charge in [-0.25, -0.2) is 9.46 Å². The molecule has 0 saturated carbocycles. The summed E-state index contributed by atoms with van der Waals surface area (Å²) in [5.74, 6) is -2.62. The number of benzene rings is 6. The zero-order valence-corrected chi connectivity index (χ0v) is 45.6. The SMILES string of the molecule is CCCOP(OCCCN(C(C)=O)c1cc2c(cc1C)C1(OC(=O)c3ccccc31)c1cc(C)c(N(CCCOC(c3ccccc3)(c3ccccc3)c3ccc(C)cc3)C(=O)C(F)(F)F)cc1O2)N(C(C)C)C(C)C. The monoisotopic (exact) mass is 1060 g/mol. The summed E-state index contributed by atoms with van der Waals surface area (Å²) in [6, 6.07) is 41.2. The Hall–Kier alpha value is -6.41. The smallest absolute Gasteiger partial charge is 0.456 e. The largest absolute Gasteiger partial charge is 0.471 e. The summed E-state index contributed by atoms with van der Waals surface area (Å²) < 4.78 is 79.5. The predicted molar refractivity (Wildman–Crippen MR) is 291 cm³/mol. The number of carbonyl (C=O) groups excluding carboxylic acids is 3. The van der Waals surface area contributed by atoms with E-state index in [-0.39, 0.29) is 61.3 Å². The quantitative estimate of drug-likeness (QED) is 0.0301. The molecule has 0 bridgehead atoms. The molecular formula is C61H67F3N3O8P. The molecule has 8 rings (SSSR count). The van der Waals surface area contributed by atoms with Crippen LogP contribution < -0.4 is 14.5 Å². The van der Waals surface area contributed by atoms with Crippen LogP contribution in [0.25, 0.3) is 0 Å². The van der Waals surface area contributed by atoms with E-state index in [2.05, 4.69) is 32.4 Å². The Morgan fingerprint density at radius 1 is 0.645 bits per heavy atom. The molecule has 76 heavy (non-hydrogen) atoms. The molecule has 15 heteroatoms. The molecule has 0 radical (unpaired) electrons. The molecule has 11 nitrogen and oxygen atoms in total. The van der Waals surface area contributed by atoms with Gasteiger partial charge in [0.05, 0.1) is 36.8 Å². The van der Waals surface area contributed by atoms with E-state index in [4.69, 9.17) is 23.3 Å². The van der Waals surface area contributed by atoms with E-state index in [0.29, 0.717) is 58.7 Å². The van der Waals surface area contributed by atoms with E-state index < -0.39 is 37.8 Å². The molecule has 2 unspecified atom stereocenters. The average Bonchev–Trinajstić information content (AvgIpc) is 3.70. The van der Waals surface area contributed by atoms with Gasteiger partial charge in [-0.3, -0.25) is 9.59 Å². The minimum absolute atomic E-state index is 0.0000522. The number of fused-ring (bicyclic) bond motifs is 6. The number of anilines is 2. The summed E-state index contributed by atoms with van der Waals surface area (Å²) >= 11 is 0. The Labute approximate surface area is 445 Å². The van der Waals surface area contributed by atoms with Crippen molar-refractivity contribution in [3.8, 4) is 11.5 Å². The number of halogens is 3. The predicted octanol–water partition coefficient (Wildman–Crippen LogP) is 14.0. The number of esters is 1. The Morgan fingerprint density at radius 2 is 1.14 bits per heavy atom. The lowest BCUT2D eigenvalue weighted by atomic mass is 9.76. The van der Waals surface area contributed by atoms with Gasteiger partial charge in [0, 0.05) is 60.9 Å². The third-order valence-corrected chi connectivity index (χ3v) is 15.9. The molecule has 400 valence electrons. The average molecular weight is 1060 g/mol. The first-order valence-corrected chi connectivity index (χ1v) is 27.1. The molecule has 2 amide bonds.